The standard InChI is InChI=1S/C21H22N2O4/c1-14-2-5-17(6-3-14)23-12-16(11-20(23)24)21(25)22-9-8-15-4-7-18-19(10-15)27-13-26-18/h2-7,10,16H,8-9,11-13H2,1H3,(H,22,25). The van der Waals surface area contributed by atoms with Crippen molar-refractivity contribution in [3.05, 3.63) is 53.6 Å². The number of anilines is 1. The Balaban J connectivity index is 1.30. The minimum absolute atomic E-state index is 0.00484. The van der Waals surface area contributed by atoms with Crippen molar-refractivity contribution in [1.82, 2.24) is 5.32 Å². The van der Waals surface area contributed by atoms with Gasteiger partial charge in [0.2, 0.25) is 18.6 Å². The highest BCUT2D eigenvalue weighted by Gasteiger charge is 2.34. The number of benzene rings is 2. The van der Waals surface area contributed by atoms with E-state index in [0.29, 0.717) is 19.5 Å². The predicted octanol–water partition coefficient (Wildman–Crippen LogP) is 2.44. The van der Waals surface area contributed by atoms with Crippen molar-refractivity contribution in [2.75, 3.05) is 24.8 Å². The molecule has 1 saturated heterocycles. The van der Waals surface area contributed by atoms with E-state index in [1.807, 2.05) is 49.4 Å². The van der Waals surface area contributed by atoms with Crippen molar-refractivity contribution >= 4 is 17.5 Å². The molecule has 1 fully saturated rings. The van der Waals surface area contributed by atoms with E-state index in [-0.39, 0.29) is 30.9 Å². The molecule has 2 aromatic rings. The van der Waals surface area contributed by atoms with E-state index in [1.165, 1.54) is 0 Å². The molecule has 2 aliphatic heterocycles. The van der Waals surface area contributed by atoms with Gasteiger partial charge in [-0.15, -0.1) is 0 Å². The average molecular weight is 366 g/mol. The first kappa shape index (κ1) is 17.4. The molecule has 2 heterocycles. The highest BCUT2D eigenvalue weighted by Crippen LogP contribution is 2.32. The fourth-order valence-corrected chi connectivity index (χ4v) is 3.43. The molecule has 0 aliphatic carbocycles. The zero-order valence-electron chi connectivity index (χ0n) is 15.2. The number of fused-ring (bicyclic) bond motifs is 1. The molecular weight excluding hydrogens is 344 g/mol. The summed E-state index contributed by atoms with van der Waals surface area (Å²) in [6.07, 6.45) is 0.953. The topological polar surface area (TPSA) is 67.9 Å². The Morgan fingerprint density at radius 3 is 2.74 bits per heavy atom. The summed E-state index contributed by atoms with van der Waals surface area (Å²) in [6, 6.07) is 13.6. The van der Waals surface area contributed by atoms with E-state index in [9.17, 15) is 9.59 Å². The largest absolute Gasteiger partial charge is 0.454 e. The van der Waals surface area contributed by atoms with Gasteiger partial charge in [0.25, 0.3) is 0 Å². The lowest BCUT2D eigenvalue weighted by molar-refractivity contribution is -0.126. The van der Waals surface area contributed by atoms with E-state index >= 15 is 0 Å². The fraction of sp³-hybridized carbons (Fsp3) is 0.333. The van der Waals surface area contributed by atoms with Crippen molar-refractivity contribution in [3.8, 4) is 11.5 Å². The number of carbonyl (C=O) groups excluding carboxylic acids is 2. The number of nitrogens with one attached hydrogen (secondary N) is 1. The van der Waals surface area contributed by atoms with Crippen molar-refractivity contribution in [2.24, 2.45) is 5.92 Å². The van der Waals surface area contributed by atoms with Crippen LogP contribution in [0.3, 0.4) is 0 Å². The van der Waals surface area contributed by atoms with Gasteiger partial charge in [0.1, 0.15) is 0 Å². The second kappa shape index (κ2) is 7.31. The van der Waals surface area contributed by atoms with Gasteiger partial charge in [-0.25, -0.2) is 0 Å². The van der Waals surface area contributed by atoms with Crippen LogP contribution in [0.1, 0.15) is 17.5 Å². The van der Waals surface area contributed by atoms with Gasteiger partial charge in [-0.2, -0.15) is 0 Å². The van der Waals surface area contributed by atoms with Crippen LogP contribution < -0.4 is 19.7 Å². The van der Waals surface area contributed by atoms with Crippen LogP contribution in [-0.4, -0.2) is 31.7 Å². The van der Waals surface area contributed by atoms with Gasteiger partial charge in [-0.3, -0.25) is 9.59 Å². The second-order valence-corrected chi connectivity index (χ2v) is 6.97. The van der Waals surface area contributed by atoms with Gasteiger partial charge in [0, 0.05) is 25.2 Å². The highest BCUT2D eigenvalue weighted by molar-refractivity contribution is 6.00. The van der Waals surface area contributed by atoms with Gasteiger partial charge in [-0.05, 0) is 43.2 Å². The van der Waals surface area contributed by atoms with Crippen molar-refractivity contribution in [1.29, 1.82) is 0 Å². The van der Waals surface area contributed by atoms with E-state index < -0.39 is 0 Å². The lowest BCUT2D eigenvalue weighted by atomic mass is 10.1. The lowest BCUT2D eigenvalue weighted by Crippen LogP contribution is -2.34. The van der Waals surface area contributed by atoms with Gasteiger partial charge in [0.15, 0.2) is 11.5 Å². The van der Waals surface area contributed by atoms with E-state index in [2.05, 4.69) is 5.32 Å². The number of carbonyl (C=O) groups is 2. The van der Waals surface area contributed by atoms with Crippen LogP contribution >= 0.6 is 0 Å². The molecule has 1 unspecified atom stereocenters. The van der Waals surface area contributed by atoms with Crippen molar-refractivity contribution in [3.63, 3.8) is 0 Å². The summed E-state index contributed by atoms with van der Waals surface area (Å²) in [6.45, 7) is 3.21. The van der Waals surface area contributed by atoms with Crippen LogP contribution in [0.2, 0.25) is 0 Å². The molecule has 140 valence electrons. The first-order valence-corrected chi connectivity index (χ1v) is 9.13. The van der Waals surface area contributed by atoms with Crippen LogP contribution in [0, 0.1) is 12.8 Å². The van der Waals surface area contributed by atoms with Gasteiger partial charge in [0.05, 0.1) is 5.92 Å². The number of ether oxygens (including phenoxy) is 2. The molecule has 0 spiro atoms. The maximum Gasteiger partial charge on any atom is 0.231 e. The number of aryl methyl sites for hydroxylation is 1. The Morgan fingerprint density at radius 2 is 1.93 bits per heavy atom. The monoisotopic (exact) mass is 366 g/mol. The molecule has 0 bridgehead atoms. The number of hydrogen-bond acceptors (Lipinski definition) is 4. The van der Waals surface area contributed by atoms with Crippen molar-refractivity contribution in [2.45, 2.75) is 19.8 Å². The Bertz CT molecular complexity index is 863. The van der Waals surface area contributed by atoms with Gasteiger partial charge in [-0.1, -0.05) is 23.8 Å². The molecule has 0 saturated carbocycles. The number of nitrogens with zero attached hydrogens (tertiary/aromatic N) is 1. The molecule has 2 aliphatic rings. The van der Waals surface area contributed by atoms with Crippen LogP contribution in [0.25, 0.3) is 0 Å². The van der Waals surface area contributed by atoms with Crippen LogP contribution in [0.5, 0.6) is 11.5 Å². The van der Waals surface area contributed by atoms with Crippen LogP contribution in [-0.2, 0) is 16.0 Å². The number of hydrogen-bond donors (Lipinski definition) is 1. The second-order valence-electron chi connectivity index (χ2n) is 6.97. The molecule has 1 N–H and O–H groups in total. The SMILES string of the molecule is Cc1ccc(N2CC(C(=O)NCCc3ccc4c(c3)OCO4)CC2=O)cc1. The molecule has 1 atom stereocenters. The van der Waals surface area contributed by atoms with E-state index in [1.54, 1.807) is 4.90 Å². The third kappa shape index (κ3) is 3.74. The molecule has 0 aromatic heterocycles. The minimum Gasteiger partial charge on any atom is -0.454 e. The maximum atomic E-state index is 12.5. The Kier molecular flexibility index (Phi) is 4.71. The molecule has 2 aromatic carbocycles. The van der Waals surface area contributed by atoms with Gasteiger partial charge >= 0.3 is 0 Å². The number of amides is 2. The Hall–Kier alpha value is -3.02. The zero-order valence-corrected chi connectivity index (χ0v) is 15.2. The summed E-state index contributed by atoms with van der Waals surface area (Å²) < 4.78 is 10.7. The quantitative estimate of drug-likeness (QED) is 0.883. The first-order valence-electron chi connectivity index (χ1n) is 9.13. The smallest absolute Gasteiger partial charge is 0.231 e. The predicted molar refractivity (Wildman–Crippen MR) is 101 cm³/mol. The summed E-state index contributed by atoms with van der Waals surface area (Å²) in [5, 5.41) is 2.95. The summed E-state index contributed by atoms with van der Waals surface area (Å²) in [5.41, 5.74) is 3.06. The van der Waals surface area contributed by atoms with E-state index in [0.717, 1.165) is 28.3 Å². The third-order valence-corrected chi connectivity index (χ3v) is 4.99. The normalized spacial score (nSPS) is 18.0. The Morgan fingerprint density at radius 1 is 1.15 bits per heavy atom. The van der Waals surface area contributed by atoms with Crippen LogP contribution in [0.15, 0.2) is 42.5 Å². The molecule has 4 rings (SSSR count). The highest BCUT2D eigenvalue weighted by atomic mass is 16.7. The minimum atomic E-state index is -0.310. The molecule has 2 amide bonds. The Labute approximate surface area is 158 Å². The molecule has 6 nitrogen and oxygen atoms in total. The first-order chi connectivity index (χ1) is 13.1. The summed E-state index contributed by atoms with van der Waals surface area (Å²) in [7, 11) is 0. The van der Waals surface area contributed by atoms with Crippen molar-refractivity contribution < 1.29 is 19.1 Å². The summed E-state index contributed by atoms with van der Waals surface area (Å²) in [4.78, 5) is 26.5. The molecule has 27 heavy (non-hydrogen) atoms. The summed E-state index contributed by atoms with van der Waals surface area (Å²) in [5.74, 6) is 1.11. The third-order valence-electron chi connectivity index (χ3n) is 4.99. The van der Waals surface area contributed by atoms with Gasteiger partial charge < -0.3 is 19.7 Å². The van der Waals surface area contributed by atoms with Crippen LogP contribution in [0.4, 0.5) is 5.69 Å². The fourth-order valence-electron chi connectivity index (χ4n) is 3.43. The zero-order chi connectivity index (χ0) is 18.8. The molecule has 0 radical (unpaired) electrons. The lowest BCUT2D eigenvalue weighted by Gasteiger charge is -2.17. The molecule has 6 heteroatoms. The van der Waals surface area contributed by atoms with E-state index in [4.69, 9.17) is 9.47 Å². The maximum absolute atomic E-state index is 12.5. The molecular formula is C21H22N2O4. The number of rotatable bonds is 5. The summed E-state index contributed by atoms with van der Waals surface area (Å²) >= 11 is 0. The average Bonchev–Trinajstić information content (AvgIpc) is 3.28.